The first-order valence-electron chi connectivity index (χ1n) is 10.2. The topological polar surface area (TPSA) is 0 Å². The molecule has 0 N–H and O–H groups in total. The molecule has 0 saturated carbocycles. The van der Waals surface area contributed by atoms with E-state index in [1.807, 2.05) is 12.1 Å². The van der Waals surface area contributed by atoms with Crippen LogP contribution < -0.4 is 59.1 Å². The molecule has 0 nitrogen and oxygen atoms in total. The van der Waals surface area contributed by atoms with Crippen molar-refractivity contribution in [3.8, 4) is 11.1 Å². The Labute approximate surface area is 236 Å². The molecule has 2 heteroatoms. The van der Waals surface area contributed by atoms with E-state index in [0.29, 0.717) is 0 Å². The molecular weight excluding hydrogens is 406 g/mol. The van der Waals surface area contributed by atoms with Crippen LogP contribution in [0.5, 0.6) is 0 Å². The largest absolute Gasteiger partial charge is 1.00 e. The predicted molar refractivity (Wildman–Crippen MR) is 130 cm³/mol. The Morgan fingerprint density at radius 3 is 1.06 bits per heavy atom. The second kappa shape index (κ2) is 13.2. The predicted octanol–water partition coefficient (Wildman–Crippen LogP) is 1.92. The zero-order valence-electron chi connectivity index (χ0n) is 19.4. The van der Waals surface area contributed by atoms with Gasteiger partial charge in [0.15, 0.2) is 0 Å². The van der Waals surface area contributed by atoms with E-state index in [1.54, 1.807) is 0 Å². The summed E-state index contributed by atoms with van der Waals surface area (Å²) in [5, 5.41) is 0. The molecule has 0 amide bonds. The van der Waals surface area contributed by atoms with Gasteiger partial charge >= 0.3 is 59.1 Å². The van der Waals surface area contributed by atoms with E-state index in [4.69, 9.17) is 0 Å². The molecule has 0 spiro atoms. The Morgan fingerprint density at radius 2 is 0.750 bits per heavy atom. The van der Waals surface area contributed by atoms with E-state index in [2.05, 4.69) is 123 Å². The van der Waals surface area contributed by atoms with Crippen molar-refractivity contribution in [2.24, 2.45) is 0 Å². The molecule has 0 aromatic heterocycles. The summed E-state index contributed by atoms with van der Waals surface area (Å²) in [5.41, 5.74) is 9.47. The molecule has 4 aromatic carbocycles. The van der Waals surface area contributed by atoms with Crippen LogP contribution in [0.1, 0.15) is 33.4 Å². The smallest absolute Gasteiger partial charge is 0.180 e. The van der Waals surface area contributed by atoms with E-state index in [0.717, 1.165) is 22.3 Å². The molecule has 146 valence electrons. The Bertz CT molecular complexity index is 1050. The molecule has 0 aliphatic heterocycles. The van der Waals surface area contributed by atoms with Crippen LogP contribution in [-0.4, -0.2) is 0 Å². The maximum Gasteiger partial charge on any atom is 1.00 e. The average molecular weight is 431 g/mol. The van der Waals surface area contributed by atoms with Gasteiger partial charge in [-0.25, -0.2) is 0 Å². The van der Waals surface area contributed by atoms with Crippen LogP contribution in [0.2, 0.25) is 0 Å². The van der Waals surface area contributed by atoms with Crippen molar-refractivity contribution < 1.29 is 59.1 Å². The third-order valence-corrected chi connectivity index (χ3v) is 5.08. The number of aryl methyl sites for hydroxylation is 2. The van der Waals surface area contributed by atoms with Gasteiger partial charge in [-0.05, 0) is 22.3 Å². The Kier molecular flexibility index (Phi) is 10.9. The summed E-state index contributed by atoms with van der Waals surface area (Å²) in [6.45, 7) is 4.11. The van der Waals surface area contributed by atoms with Gasteiger partial charge in [-0.2, -0.15) is 59.7 Å². The van der Waals surface area contributed by atoms with Gasteiger partial charge in [0.1, 0.15) is 0 Å². The molecular formula is C30H24Na2. The van der Waals surface area contributed by atoms with Crippen LogP contribution in [0.25, 0.3) is 35.4 Å². The summed E-state index contributed by atoms with van der Waals surface area (Å²) in [4.78, 5) is 0. The number of rotatable bonds is 5. The molecule has 0 aliphatic rings. The van der Waals surface area contributed by atoms with Crippen LogP contribution in [0.3, 0.4) is 0 Å². The zero-order valence-corrected chi connectivity index (χ0v) is 23.4. The maximum atomic E-state index is 3.23. The van der Waals surface area contributed by atoms with Crippen LogP contribution in [0.4, 0.5) is 0 Å². The van der Waals surface area contributed by atoms with Crippen LogP contribution >= 0.6 is 0 Å². The third-order valence-electron chi connectivity index (χ3n) is 5.08. The van der Waals surface area contributed by atoms with E-state index in [-0.39, 0.29) is 59.1 Å². The first-order chi connectivity index (χ1) is 14.7. The molecule has 32 heavy (non-hydrogen) atoms. The standard InChI is InChI=1S/C30H24.2Na/c1-23-3-7-25(8-4-23)11-13-27-15-19-29(20-16-27)30-21-17-28(18-22-30)14-12-26-9-5-24(2)6-10-26;;/h3,5,7-22H,1-2H3;;/q-2;2*+1. The Hall–Kier alpha value is -1.64. The van der Waals surface area contributed by atoms with Crippen LogP contribution in [0, 0.1) is 26.0 Å². The Balaban J connectivity index is 0.00000181. The fraction of sp³-hybridized carbons (Fsp3) is 0.0667. The van der Waals surface area contributed by atoms with Gasteiger partial charge in [-0.15, -0.1) is 23.3 Å². The van der Waals surface area contributed by atoms with Gasteiger partial charge in [-0.1, -0.05) is 74.5 Å². The molecule has 0 heterocycles. The van der Waals surface area contributed by atoms with Gasteiger partial charge in [0.05, 0.1) is 0 Å². The number of hydrogen-bond acceptors (Lipinski definition) is 0. The van der Waals surface area contributed by atoms with Gasteiger partial charge in [0.25, 0.3) is 0 Å². The third kappa shape index (κ3) is 7.74. The molecule has 0 radical (unpaired) electrons. The molecule has 0 bridgehead atoms. The fourth-order valence-electron chi connectivity index (χ4n) is 3.19. The first-order valence-corrected chi connectivity index (χ1v) is 10.2. The SMILES string of the molecule is Cc1[c-]cc(C=Cc2ccc(-c3ccc(C=Cc4c[c-]c(C)cc4)cc3)cc2)cc1.[Na+].[Na+]. The van der Waals surface area contributed by atoms with Crippen molar-refractivity contribution >= 4 is 24.3 Å². The van der Waals surface area contributed by atoms with Crippen molar-refractivity contribution in [2.75, 3.05) is 0 Å². The zero-order chi connectivity index (χ0) is 20.8. The molecule has 0 aliphatic carbocycles. The Morgan fingerprint density at radius 1 is 0.438 bits per heavy atom. The fourth-order valence-corrected chi connectivity index (χ4v) is 3.19. The summed E-state index contributed by atoms with van der Waals surface area (Å²) in [6.07, 6.45) is 8.52. The van der Waals surface area contributed by atoms with Gasteiger partial charge in [0, 0.05) is 0 Å². The monoisotopic (exact) mass is 430 g/mol. The molecule has 0 saturated heterocycles. The maximum absolute atomic E-state index is 3.23. The minimum absolute atomic E-state index is 0. The van der Waals surface area contributed by atoms with Crippen molar-refractivity contribution in [3.63, 3.8) is 0 Å². The van der Waals surface area contributed by atoms with E-state index in [1.165, 1.54) is 22.3 Å². The van der Waals surface area contributed by atoms with Gasteiger partial charge < -0.3 is 0 Å². The molecule has 4 aromatic rings. The van der Waals surface area contributed by atoms with Crippen LogP contribution in [0.15, 0.2) is 84.9 Å². The second-order valence-corrected chi connectivity index (χ2v) is 7.52. The van der Waals surface area contributed by atoms with Gasteiger partial charge in [-0.3, -0.25) is 0 Å². The van der Waals surface area contributed by atoms with E-state index in [9.17, 15) is 0 Å². The summed E-state index contributed by atoms with van der Waals surface area (Å²) >= 11 is 0. The quantitative estimate of drug-likeness (QED) is 0.258. The second-order valence-electron chi connectivity index (χ2n) is 7.52. The van der Waals surface area contributed by atoms with E-state index < -0.39 is 0 Å². The van der Waals surface area contributed by atoms with Crippen molar-refractivity contribution in [2.45, 2.75) is 13.8 Å². The first kappa shape index (κ1) is 26.6. The normalized spacial score (nSPS) is 10.7. The summed E-state index contributed by atoms with van der Waals surface area (Å²) < 4.78 is 0. The summed E-state index contributed by atoms with van der Waals surface area (Å²) in [6, 6.07) is 36.2. The number of benzene rings is 4. The molecule has 4 rings (SSSR count). The van der Waals surface area contributed by atoms with Crippen molar-refractivity contribution in [3.05, 3.63) is 130 Å². The van der Waals surface area contributed by atoms with Crippen molar-refractivity contribution in [1.82, 2.24) is 0 Å². The summed E-state index contributed by atoms with van der Waals surface area (Å²) in [7, 11) is 0. The van der Waals surface area contributed by atoms with Crippen molar-refractivity contribution in [1.29, 1.82) is 0 Å². The summed E-state index contributed by atoms with van der Waals surface area (Å²) in [5.74, 6) is 0. The van der Waals surface area contributed by atoms with Gasteiger partial charge in [0.2, 0.25) is 0 Å². The van der Waals surface area contributed by atoms with E-state index >= 15 is 0 Å². The molecule has 0 unspecified atom stereocenters. The average Bonchev–Trinajstić information content (AvgIpc) is 2.79. The minimum atomic E-state index is 0. The minimum Gasteiger partial charge on any atom is -0.180 e. The molecule has 0 fully saturated rings. The number of hydrogen-bond donors (Lipinski definition) is 0. The van der Waals surface area contributed by atoms with Crippen LogP contribution in [-0.2, 0) is 0 Å². The molecule has 0 atom stereocenters.